The molecule has 1 unspecified atom stereocenters. The zero-order chi connectivity index (χ0) is 18.2. The fourth-order valence-corrected chi connectivity index (χ4v) is 5.06. The van der Waals surface area contributed by atoms with Crippen LogP contribution in [0.2, 0.25) is 0 Å². The Morgan fingerprint density at radius 1 is 1.00 bits per heavy atom. The number of aliphatic imine (C=N–C) groups is 1. The Hall–Kier alpha value is -2.59. The number of thioether (sulfide) groups is 1. The largest absolute Gasteiger partial charge is 0.279 e. The highest BCUT2D eigenvalue weighted by molar-refractivity contribution is 8.15. The van der Waals surface area contributed by atoms with Gasteiger partial charge < -0.3 is 0 Å². The summed E-state index contributed by atoms with van der Waals surface area (Å²) in [7, 11) is 0. The number of carbonyl (C=O) groups excluding carboxylic acids is 1. The maximum absolute atomic E-state index is 12.6. The summed E-state index contributed by atoms with van der Waals surface area (Å²) >= 11 is 1.56. The summed E-state index contributed by atoms with van der Waals surface area (Å²) in [4.78, 5) is 19.5. The van der Waals surface area contributed by atoms with Crippen molar-refractivity contribution in [1.29, 1.82) is 0 Å². The van der Waals surface area contributed by atoms with Crippen LogP contribution in [-0.2, 0) is 4.79 Å². The van der Waals surface area contributed by atoms with Gasteiger partial charge in [0.15, 0.2) is 5.17 Å². The molecule has 3 nitrogen and oxygen atoms in total. The third-order valence-electron chi connectivity index (χ3n) is 5.35. The zero-order valence-corrected chi connectivity index (χ0v) is 15.8. The van der Waals surface area contributed by atoms with Crippen molar-refractivity contribution in [2.45, 2.75) is 25.3 Å². The van der Waals surface area contributed by atoms with Crippen LogP contribution in [0.3, 0.4) is 0 Å². The molecule has 1 amide bonds. The van der Waals surface area contributed by atoms with E-state index in [-0.39, 0.29) is 11.9 Å². The van der Waals surface area contributed by atoms with Crippen molar-refractivity contribution in [3.05, 3.63) is 88.6 Å². The van der Waals surface area contributed by atoms with Gasteiger partial charge in [-0.3, -0.25) is 9.69 Å². The highest BCUT2D eigenvalue weighted by Gasteiger charge is 2.42. The van der Waals surface area contributed by atoms with Crippen LogP contribution >= 0.6 is 11.8 Å². The molecule has 0 saturated carbocycles. The van der Waals surface area contributed by atoms with Crippen molar-refractivity contribution in [3.63, 3.8) is 0 Å². The second-order valence-electron chi connectivity index (χ2n) is 7.07. The van der Waals surface area contributed by atoms with Crippen LogP contribution in [0.25, 0.3) is 6.08 Å². The molecule has 2 aromatic carbocycles. The van der Waals surface area contributed by atoms with Crippen molar-refractivity contribution in [1.82, 2.24) is 4.90 Å². The average molecular weight is 372 g/mol. The maximum Gasteiger partial charge on any atom is 0.239 e. The van der Waals surface area contributed by atoms with Crippen LogP contribution in [0, 0.1) is 0 Å². The first-order valence-corrected chi connectivity index (χ1v) is 10.4. The van der Waals surface area contributed by atoms with Gasteiger partial charge in [0.05, 0.1) is 17.5 Å². The number of rotatable bonds is 2. The quantitative estimate of drug-likeness (QED) is 0.726. The van der Waals surface area contributed by atoms with Gasteiger partial charge in [-0.25, -0.2) is 4.99 Å². The van der Waals surface area contributed by atoms with E-state index in [1.807, 2.05) is 17.0 Å². The maximum atomic E-state index is 12.6. The lowest BCUT2D eigenvalue weighted by atomic mass is 9.83. The monoisotopic (exact) mass is 372 g/mol. The molecule has 0 bridgehead atoms. The van der Waals surface area contributed by atoms with Crippen molar-refractivity contribution >= 4 is 28.9 Å². The Morgan fingerprint density at radius 3 is 2.52 bits per heavy atom. The first-order chi connectivity index (χ1) is 13.3. The van der Waals surface area contributed by atoms with E-state index in [9.17, 15) is 4.79 Å². The fourth-order valence-electron chi connectivity index (χ4n) is 4.16. The molecule has 0 spiro atoms. The van der Waals surface area contributed by atoms with E-state index in [1.165, 1.54) is 22.3 Å². The fraction of sp³-hybridized carbons (Fsp3) is 0.217. The van der Waals surface area contributed by atoms with Crippen molar-refractivity contribution in [2.75, 3.05) is 5.75 Å². The van der Waals surface area contributed by atoms with Gasteiger partial charge in [0.25, 0.3) is 0 Å². The van der Waals surface area contributed by atoms with Crippen LogP contribution in [0.1, 0.15) is 36.4 Å². The number of allylic oxidation sites excluding steroid dienone is 1. The number of fused-ring (bicyclic) bond motifs is 1. The van der Waals surface area contributed by atoms with Gasteiger partial charge in [0, 0.05) is 0 Å². The number of benzene rings is 2. The number of amidine groups is 1. The summed E-state index contributed by atoms with van der Waals surface area (Å²) in [5.41, 5.74) is 6.06. The van der Waals surface area contributed by atoms with E-state index >= 15 is 0 Å². The molecule has 134 valence electrons. The molecule has 1 atom stereocenters. The number of amides is 1. The summed E-state index contributed by atoms with van der Waals surface area (Å²) in [6.07, 6.45) is 5.38. The molecule has 1 aliphatic carbocycles. The summed E-state index contributed by atoms with van der Waals surface area (Å²) in [5.74, 6) is 0.652. The number of nitrogens with zero attached hydrogens (tertiary/aromatic N) is 2. The summed E-state index contributed by atoms with van der Waals surface area (Å²) in [6, 6.07) is 20.8. The third-order valence-corrected chi connectivity index (χ3v) is 6.29. The Morgan fingerprint density at radius 2 is 1.74 bits per heavy atom. The zero-order valence-electron chi connectivity index (χ0n) is 15.0. The van der Waals surface area contributed by atoms with Crippen LogP contribution in [0.5, 0.6) is 0 Å². The average Bonchev–Trinajstić information content (AvgIpc) is 3.09. The smallest absolute Gasteiger partial charge is 0.239 e. The molecule has 2 heterocycles. The van der Waals surface area contributed by atoms with E-state index in [4.69, 9.17) is 4.99 Å². The highest BCUT2D eigenvalue weighted by Crippen LogP contribution is 2.47. The van der Waals surface area contributed by atoms with E-state index in [0.29, 0.717) is 5.75 Å². The number of hydrogen-bond acceptors (Lipinski definition) is 3. The van der Waals surface area contributed by atoms with Gasteiger partial charge >= 0.3 is 0 Å². The van der Waals surface area contributed by atoms with Gasteiger partial charge in [0.1, 0.15) is 0 Å². The standard InChI is InChI=1S/C23H20N2OS/c26-20-15-27-23-24-21-18(14-16-8-3-1-4-9-16)12-7-13-19(21)22(25(20)23)17-10-5-2-6-11-17/h1-6,8-11,14,22H,7,12-13,15H2. The van der Waals surface area contributed by atoms with Crippen molar-refractivity contribution < 1.29 is 4.79 Å². The summed E-state index contributed by atoms with van der Waals surface area (Å²) in [5, 5.41) is 0.855. The molecule has 3 aliphatic rings. The summed E-state index contributed by atoms with van der Waals surface area (Å²) in [6.45, 7) is 0. The van der Waals surface area contributed by atoms with Crippen LogP contribution < -0.4 is 0 Å². The molecule has 27 heavy (non-hydrogen) atoms. The molecular formula is C23H20N2OS. The van der Waals surface area contributed by atoms with Crippen molar-refractivity contribution in [3.8, 4) is 0 Å². The van der Waals surface area contributed by atoms with Gasteiger partial charge in [-0.2, -0.15) is 0 Å². The van der Waals surface area contributed by atoms with Crippen molar-refractivity contribution in [2.24, 2.45) is 4.99 Å². The molecule has 2 aliphatic heterocycles. The SMILES string of the molecule is O=C1CSC2=NC3=C(CCCC3=Cc3ccccc3)C(c3ccccc3)N12. The lowest BCUT2D eigenvalue weighted by Gasteiger charge is -2.37. The van der Waals surface area contributed by atoms with Crippen LogP contribution in [0.15, 0.2) is 82.5 Å². The molecule has 5 rings (SSSR count). The molecule has 0 N–H and O–H groups in total. The molecule has 1 fully saturated rings. The van der Waals surface area contributed by atoms with E-state index in [1.54, 1.807) is 11.8 Å². The number of carbonyl (C=O) groups is 1. The summed E-state index contributed by atoms with van der Waals surface area (Å²) < 4.78 is 0. The van der Waals surface area contributed by atoms with Gasteiger partial charge in [0.2, 0.25) is 5.91 Å². The molecule has 0 aromatic heterocycles. The molecule has 4 heteroatoms. The second-order valence-corrected chi connectivity index (χ2v) is 8.01. The van der Waals surface area contributed by atoms with Gasteiger partial charge in [-0.1, -0.05) is 72.4 Å². The highest BCUT2D eigenvalue weighted by atomic mass is 32.2. The predicted molar refractivity (Wildman–Crippen MR) is 111 cm³/mol. The van der Waals surface area contributed by atoms with Gasteiger partial charge in [-0.15, -0.1) is 0 Å². The molecule has 0 radical (unpaired) electrons. The minimum Gasteiger partial charge on any atom is -0.279 e. The molecule has 1 saturated heterocycles. The minimum atomic E-state index is -0.0179. The Balaban J connectivity index is 1.66. The molecule has 2 aromatic rings. The Kier molecular flexibility index (Phi) is 4.21. The minimum absolute atomic E-state index is 0.0179. The third kappa shape index (κ3) is 2.94. The molecular weight excluding hydrogens is 352 g/mol. The lowest BCUT2D eigenvalue weighted by Crippen LogP contribution is -2.38. The Labute approximate surface area is 163 Å². The van der Waals surface area contributed by atoms with Crippen LogP contribution in [0.4, 0.5) is 0 Å². The van der Waals surface area contributed by atoms with Gasteiger partial charge in [-0.05, 0) is 47.6 Å². The first kappa shape index (κ1) is 16.6. The lowest BCUT2D eigenvalue weighted by molar-refractivity contribution is -0.125. The predicted octanol–water partition coefficient (Wildman–Crippen LogP) is 5.19. The topological polar surface area (TPSA) is 32.7 Å². The van der Waals surface area contributed by atoms with E-state index in [0.717, 1.165) is 30.1 Å². The van der Waals surface area contributed by atoms with Crippen LogP contribution in [-0.4, -0.2) is 21.7 Å². The first-order valence-electron chi connectivity index (χ1n) is 9.39. The second kappa shape index (κ2) is 6.86. The van der Waals surface area contributed by atoms with E-state index < -0.39 is 0 Å². The van der Waals surface area contributed by atoms with E-state index in [2.05, 4.69) is 54.6 Å². The number of hydrogen-bond donors (Lipinski definition) is 0. The normalized spacial score (nSPS) is 23.3. The Bertz CT molecular complexity index is 976.